The first kappa shape index (κ1) is 11.0. The number of nitrogens with one attached hydrogen (secondary N) is 1. The number of nitrogens with zero attached hydrogens (tertiary/aromatic N) is 1. The van der Waals surface area contributed by atoms with E-state index in [4.69, 9.17) is 0 Å². The number of sulfonamides is 1. The Bertz CT molecular complexity index is 373. The summed E-state index contributed by atoms with van der Waals surface area (Å²) in [6.07, 6.45) is 0. The third-order valence-electron chi connectivity index (χ3n) is 1.73. The molecule has 0 fully saturated rings. The molecule has 1 rings (SSSR count). The van der Waals surface area contributed by atoms with E-state index in [2.05, 4.69) is 11.4 Å². The third kappa shape index (κ3) is 3.01. The maximum Gasteiger partial charge on any atom is 0.231 e. The van der Waals surface area contributed by atoms with Gasteiger partial charge >= 0.3 is 0 Å². The molecule has 0 bridgehead atoms. The van der Waals surface area contributed by atoms with Crippen molar-refractivity contribution in [2.45, 2.75) is 0 Å². The number of rotatable bonds is 4. The molecule has 0 amide bonds. The molecule has 0 unspecified atom stereocenters. The lowest BCUT2D eigenvalue weighted by atomic mass is 10.3. The average molecular weight is 213 g/mol. The Hall–Kier alpha value is -1.07. The van der Waals surface area contributed by atoms with Crippen LogP contribution < -0.4 is 5.32 Å². The van der Waals surface area contributed by atoms with Crippen LogP contribution in [-0.2, 0) is 10.0 Å². The molecule has 0 saturated carbocycles. The summed E-state index contributed by atoms with van der Waals surface area (Å²) >= 11 is 0. The number of anilines is 1. The molecule has 0 aliphatic rings. The molecule has 1 aromatic carbocycles. The molecular formula is C9H13N2O2S. The molecule has 0 aliphatic carbocycles. The zero-order valence-corrected chi connectivity index (χ0v) is 9.00. The Morgan fingerprint density at radius 2 is 1.93 bits per heavy atom. The number of hydrogen-bond donors (Lipinski definition) is 1. The van der Waals surface area contributed by atoms with E-state index in [0.29, 0.717) is 0 Å². The van der Waals surface area contributed by atoms with Gasteiger partial charge in [0.1, 0.15) is 5.88 Å². The van der Waals surface area contributed by atoms with Crippen molar-refractivity contribution in [3.63, 3.8) is 0 Å². The minimum atomic E-state index is -3.18. The van der Waals surface area contributed by atoms with Gasteiger partial charge in [0.15, 0.2) is 0 Å². The highest BCUT2D eigenvalue weighted by Crippen LogP contribution is 2.05. The Kier molecular flexibility index (Phi) is 3.49. The topological polar surface area (TPSA) is 49.4 Å². The van der Waals surface area contributed by atoms with Crippen LogP contribution in [0.25, 0.3) is 0 Å². The monoisotopic (exact) mass is 213 g/mol. The van der Waals surface area contributed by atoms with Crippen molar-refractivity contribution in [1.82, 2.24) is 4.31 Å². The molecule has 1 N–H and O–H groups in total. The molecule has 14 heavy (non-hydrogen) atoms. The first-order valence-electron chi connectivity index (χ1n) is 4.12. The normalized spacial score (nSPS) is 11.6. The van der Waals surface area contributed by atoms with Crippen LogP contribution >= 0.6 is 0 Å². The van der Waals surface area contributed by atoms with E-state index in [-0.39, 0.29) is 5.88 Å². The predicted molar refractivity (Wildman–Crippen MR) is 56.4 cm³/mol. The fourth-order valence-electron chi connectivity index (χ4n) is 0.808. The Morgan fingerprint density at radius 3 is 2.43 bits per heavy atom. The maximum absolute atomic E-state index is 11.4. The Balaban J connectivity index is 2.58. The van der Waals surface area contributed by atoms with Crippen LogP contribution in [0.4, 0.5) is 5.69 Å². The first-order chi connectivity index (χ1) is 6.52. The van der Waals surface area contributed by atoms with Gasteiger partial charge in [0.25, 0.3) is 0 Å². The summed E-state index contributed by atoms with van der Waals surface area (Å²) < 4.78 is 23.9. The fraction of sp³-hybridized carbons (Fsp3) is 0.333. The molecule has 1 aromatic rings. The number of benzene rings is 1. The summed E-state index contributed by atoms with van der Waals surface area (Å²) in [4.78, 5) is 0. The van der Waals surface area contributed by atoms with Crippen molar-refractivity contribution in [1.29, 1.82) is 0 Å². The summed E-state index contributed by atoms with van der Waals surface area (Å²) in [5.74, 6) is -0.0932. The quantitative estimate of drug-likeness (QED) is 0.803. The van der Waals surface area contributed by atoms with Crippen molar-refractivity contribution in [2.75, 3.05) is 25.3 Å². The van der Waals surface area contributed by atoms with E-state index in [0.717, 1.165) is 5.69 Å². The molecule has 0 atom stereocenters. The lowest BCUT2D eigenvalue weighted by Crippen LogP contribution is -2.28. The van der Waals surface area contributed by atoms with Crippen LogP contribution in [0, 0.1) is 6.07 Å². The lowest BCUT2D eigenvalue weighted by Gasteiger charge is -2.12. The smallest absolute Gasteiger partial charge is 0.231 e. The molecule has 0 aliphatic heterocycles. The summed E-state index contributed by atoms with van der Waals surface area (Å²) in [6, 6.07) is 9.84. The van der Waals surface area contributed by atoms with Gasteiger partial charge in [-0.1, -0.05) is 12.1 Å². The standard InChI is InChI=1S/C9H13N2O2S/c1-11(2)14(12,13)8-10-9-6-4-3-5-7-9/h4-7,10H,8H2,1-2H3. The molecule has 0 heterocycles. The second kappa shape index (κ2) is 4.43. The highest BCUT2D eigenvalue weighted by atomic mass is 32.2. The first-order valence-corrected chi connectivity index (χ1v) is 5.73. The zero-order valence-electron chi connectivity index (χ0n) is 8.19. The van der Waals surface area contributed by atoms with Crippen molar-refractivity contribution < 1.29 is 8.42 Å². The van der Waals surface area contributed by atoms with Crippen LogP contribution in [-0.4, -0.2) is 32.7 Å². The van der Waals surface area contributed by atoms with Gasteiger partial charge in [0.2, 0.25) is 10.0 Å². The van der Waals surface area contributed by atoms with Crippen LogP contribution in [0.15, 0.2) is 24.3 Å². The van der Waals surface area contributed by atoms with E-state index < -0.39 is 10.0 Å². The maximum atomic E-state index is 11.4. The molecule has 1 radical (unpaired) electrons. The van der Waals surface area contributed by atoms with Gasteiger partial charge in [0, 0.05) is 19.8 Å². The lowest BCUT2D eigenvalue weighted by molar-refractivity contribution is 0.522. The van der Waals surface area contributed by atoms with Crippen LogP contribution in [0.5, 0.6) is 0 Å². The van der Waals surface area contributed by atoms with E-state index in [9.17, 15) is 8.42 Å². The van der Waals surface area contributed by atoms with Crippen molar-refractivity contribution >= 4 is 15.7 Å². The second-order valence-electron chi connectivity index (χ2n) is 3.00. The van der Waals surface area contributed by atoms with E-state index in [1.807, 2.05) is 0 Å². The fourth-order valence-corrected chi connectivity index (χ4v) is 1.42. The van der Waals surface area contributed by atoms with Gasteiger partial charge in [-0.3, -0.25) is 0 Å². The van der Waals surface area contributed by atoms with E-state index >= 15 is 0 Å². The highest BCUT2D eigenvalue weighted by Gasteiger charge is 2.12. The van der Waals surface area contributed by atoms with Gasteiger partial charge in [-0.05, 0) is 18.2 Å². The van der Waals surface area contributed by atoms with Crippen LogP contribution in [0.3, 0.4) is 0 Å². The minimum absolute atomic E-state index is 0.0932. The number of hydrogen-bond acceptors (Lipinski definition) is 3. The second-order valence-corrected chi connectivity index (χ2v) is 5.19. The van der Waals surface area contributed by atoms with E-state index in [1.54, 1.807) is 24.3 Å². The highest BCUT2D eigenvalue weighted by molar-refractivity contribution is 7.89. The largest absolute Gasteiger partial charge is 0.370 e. The van der Waals surface area contributed by atoms with Gasteiger partial charge < -0.3 is 5.32 Å². The van der Waals surface area contributed by atoms with Crippen LogP contribution in [0.1, 0.15) is 0 Å². The SMILES string of the molecule is CN(C)S(=O)(=O)CNc1cc[c]cc1. The van der Waals surface area contributed by atoms with Gasteiger partial charge in [-0.15, -0.1) is 0 Å². The van der Waals surface area contributed by atoms with Gasteiger partial charge in [-0.2, -0.15) is 0 Å². The van der Waals surface area contributed by atoms with Gasteiger partial charge in [0.05, 0.1) is 0 Å². The average Bonchev–Trinajstić information content (AvgIpc) is 2.16. The Labute approximate surface area is 84.6 Å². The third-order valence-corrected chi connectivity index (χ3v) is 3.36. The van der Waals surface area contributed by atoms with Crippen molar-refractivity contribution in [2.24, 2.45) is 0 Å². The van der Waals surface area contributed by atoms with E-state index in [1.165, 1.54) is 18.4 Å². The summed E-state index contributed by atoms with van der Waals surface area (Å²) in [5.41, 5.74) is 0.772. The van der Waals surface area contributed by atoms with Crippen molar-refractivity contribution in [3.05, 3.63) is 30.3 Å². The zero-order chi connectivity index (χ0) is 10.6. The molecule has 0 aromatic heterocycles. The van der Waals surface area contributed by atoms with Crippen LogP contribution in [0.2, 0.25) is 0 Å². The minimum Gasteiger partial charge on any atom is -0.370 e. The summed E-state index contributed by atoms with van der Waals surface area (Å²) in [5, 5.41) is 2.82. The molecule has 0 spiro atoms. The molecule has 0 saturated heterocycles. The Morgan fingerprint density at radius 1 is 1.36 bits per heavy atom. The molecule has 4 nitrogen and oxygen atoms in total. The molecule has 5 heteroatoms. The van der Waals surface area contributed by atoms with Gasteiger partial charge in [-0.25, -0.2) is 12.7 Å². The molecule has 77 valence electrons. The summed E-state index contributed by atoms with van der Waals surface area (Å²) in [6.45, 7) is 0. The predicted octanol–water partition coefficient (Wildman–Crippen LogP) is 0.748. The molecular weight excluding hydrogens is 200 g/mol. The van der Waals surface area contributed by atoms with Crippen molar-refractivity contribution in [3.8, 4) is 0 Å². The summed E-state index contributed by atoms with van der Waals surface area (Å²) in [7, 11) is -0.165.